The van der Waals surface area contributed by atoms with Gasteiger partial charge in [-0.05, 0) is 74.9 Å². The van der Waals surface area contributed by atoms with E-state index in [2.05, 4.69) is 128 Å². The van der Waals surface area contributed by atoms with Crippen molar-refractivity contribution in [3.05, 3.63) is 94.2 Å². The first-order chi connectivity index (χ1) is 29.3. The van der Waals surface area contributed by atoms with E-state index in [1.807, 2.05) is 0 Å². The van der Waals surface area contributed by atoms with Crippen LogP contribution in [0.5, 0.6) is 0 Å². The lowest BCUT2D eigenvalue weighted by atomic mass is 9.89. The number of piperazine rings is 2. The zero-order chi connectivity index (χ0) is 41.8. The van der Waals surface area contributed by atoms with Gasteiger partial charge in [0.1, 0.15) is 0 Å². The maximum absolute atomic E-state index is 13.1. The Hall–Kier alpha value is -4.36. The van der Waals surface area contributed by atoms with Crippen molar-refractivity contribution >= 4 is 66.3 Å². The minimum absolute atomic E-state index is 0.244. The number of unbranched alkanes of at least 4 members (excludes halogenated alkanes) is 2. The lowest BCUT2D eigenvalue weighted by Gasteiger charge is -2.32. The van der Waals surface area contributed by atoms with Gasteiger partial charge in [-0.2, -0.15) is 0 Å². The Morgan fingerprint density at radius 2 is 1.02 bits per heavy atom. The van der Waals surface area contributed by atoms with Gasteiger partial charge in [-0.3, -0.25) is 9.59 Å². The number of aromatic amines is 2. The van der Waals surface area contributed by atoms with Crippen LogP contribution >= 0.6 is 22.7 Å². The number of aromatic nitrogens is 4. The molecule has 0 amide bonds. The summed E-state index contributed by atoms with van der Waals surface area (Å²) in [6, 6.07) is 16.9. The first-order valence-corrected chi connectivity index (χ1v) is 23.9. The van der Waals surface area contributed by atoms with Gasteiger partial charge in [0.05, 0.1) is 22.1 Å². The van der Waals surface area contributed by atoms with E-state index in [0.717, 1.165) is 124 Å². The number of thiazole rings is 2. The summed E-state index contributed by atoms with van der Waals surface area (Å²) in [5.74, 6) is 1.22. The number of Topliss-reactive ketones (excluding diaryl/α,β-unsaturated/α-hetero) is 2. The van der Waals surface area contributed by atoms with Crippen LogP contribution in [-0.2, 0) is 12.8 Å². The minimum atomic E-state index is 0.244. The number of carbonyl (C=O) groups excluding carboxylic acids is 2. The van der Waals surface area contributed by atoms with Crippen LogP contribution in [0.1, 0.15) is 95.7 Å². The Kier molecular flexibility index (Phi) is 15.6. The predicted octanol–water partition coefficient (Wildman–Crippen LogP) is 10.00. The van der Waals surface area contributed by atoms with E-state index in [1.54, 1.807) is 35.1 Å². The van der Waals surface area contributed by atoms with Gasteiger partial charge in [0.15, 0.2) is 21.8 Å². The molecule has 6 aromatic rings. The largest absolute Gasteiger partial charge is 0.361 e. The van der Waals surface area contributed by atoms with Crippen molar-refractivity contribution in [1.29, 1.82) is 0 Å². The van der Waals surface area contributed by atoms with Gasteiger partial charge in [-0.15, -0.1) is 0 Å². The average molecular weight is 849 g/mol. The fourth-order valence-corrected chi connectivity index (χ4v) is 10.4. The summed E-state index contributed by atoms with van der Waals surface area (Å²) in [6.07, 6.45) is 17.7. The second-order valence-corrected chi connectivity index (χ2v) is 19.0. The van der Waals surface area contributed by atoms with Gasteiger partial charge in [-0.1, -0.05) is 98.6 Å². The molecule has 320 valence electrons. The highest BCUT2D eigenvalue weighted by Gasteiger charge is 2.24. The molecule has 0 aliphatic carbocycles. The van der Waals surface area contributed by atoms with Crippen molar-refractivity contribution in [1.82, 2.24) is 29.7 Å². The molecule has 2 saturated heterocycles. The number of hydrogen-bond acceptors (Lipinski definition) is 10. The molecule has 2 fully saturated rings. The summed E-state index contributed by atoms with van der Waals surface area (Å²) in [7, 11) is 4.30. The molecule has 4 aromatic heterocycles. The van der Waals surface area contributed by atoms with E-state index in [0.29, 0.717) is 24.7 Å². The lowest BCUT2D eigenvalue weighted by molar-refractivity contribution is 0.0953. The summed E-state index contributed by atoms with van der Waals surface area (Å²) in [5.41, 5.74) is 4.99. The molecule has 0 radical (unpaired) electrons. The normalized spacial score (nSPS) is 16.3. The SMILES string of the molecule is CCCC[C@@H](CC(=O)c1cnc(N2CCN(C)CC2)s1)Cc1c[nH]c2ccccc12.CCCC[C@H](CC(=O)c1cnc(N2CCN(C)CC2)s1)Cc1c[nH]c2ccccc12. The number of hydrogen-bond donors (Lipinski definition) is 2. The van der Waals surface area contributed by atoms with Crippen LogP contribution in [0.25, 0.3) is 21.8 Å². The highest BCUT2D eigenvalue weighted by molar-refractivity contribution is 7.17. The smallest absolute Gasteiger partial charge is 0.186 e. The summed E-state index contributed by atoms with van der Waals surface area (Å²) in [4.78, 5) is 53.0. The molecule has 6 heterocycles. The third-order valence-corrected chi connectivity index (χ3v) is 14.5. The Labute approximate surface area is 364 Å². The first-order valence-electron chi connectivity index (χ1n) is 22.2. The molecule has 2 aliphatic rings. The van der Waals surface area contributed by atoms with E-state index < -0.39 is 0 Å². The van der Waals surface area contributed by atoms with Crippen molar-refractivity contribution in [3.63, 3.8) is 0 Å². The number of nitrogens with one attached hydrogen (secondary N) is 2. The Balaban J connectivity index is 0.000000181. The molecule has 0 saturated carbocycles. The van der Waals surface area contributed by atoms with Gasteiger partial charge in [-0.25, -0.2) is 9.97 Å². The van der Waals surface area contributed by atoms with Crippen LogP contribution in [-0.4, -0.2) is 108 Å². The fourth-order valence-electron chi connectivity index (χ4n) is 8.56. The van der Waals surface area contributed by atoms with Crippen LogP contribution in [0.4, 0.5) is 10.3 Å². The van der Waals surface area contributed by atoms with Gasteiger partial charge in [0, 0.05) is 99.4 Å². The zero-order valence-electron chi connectivity index (χ0n) is 36.1. The monoisotopic (exact) mass is 848 g/mol. The third kappa shape index (κ3) is 11.5. The highest BCUT2D eigenvalue weighted by atomic mass is 32.1. The maximum atomic E-state index is 13.1. The number of anilines is 2. The lowest BCUT2D eigenvalue weighted by Crippen LogP contribution is -2.44. The molecular weight excluding hydrogens is 785 g/mol. The fraction of sp³-hybridized carbons (Fsp3) is 0.500. The molecule has 0 spiro atoms. The van der Waals surface area contributed by atoms with Crippen LogP contribution in [0.15, 0.2) is 73.3 Å². The van der Waals surface area contributed by atoms with Gasteiger partial charge < -0.3 is 29.6 Å². The van der Waals surface area contributed by atoms with Crippen molar-refractivity contribution in [3.8, 4) is 0 Å². The second-order valence-electron chi connectivity index (χ2n) is 17.0. The van der Waals surface area contributed by atoms with Crippen LogP contribution in [0.2, 0.25) is 0 Å². The molecule has 0 unspecified atom stereocenters. The number of fused-ring (bicyclic) bond motifs is 2. The Morgan fingerprint density at radius 1 is 0.617 bits per heavy atom. The van der Waals surface area contributed by atoms with Gasteiger partial charge in [0.25, 0.3) is 0 Å². The minimum Gasteiger partial charge on any atom is -0.361 e. The maximum Gasteiger partial charge on any atom is 0.186 e. The average Bonchev–Trinajstić information content (AvgIpc) is 4.11. The topological polar surface area (TPSA) is 104 Å². The number of para-hydroxylation sites is 2. The molecular formula is C48H64N8O2S2. The van der Waals surface area contributed by atoms with Crippen molar-refractivity contribution < 1.29 is 9.59 Å². The molecule has 2 atom stereocenters. The molecule has 2 N–H and O–H groups in total. The zero-order valence-corrected chi connectivity index (χ0v) is 37.8. The number of nitrogens with zero attached hydrogens (tertiary/aromatic N) is 6. The number of H-pyrrole nitrogens is 2. The molecule has 60 heavy (non-hydrogen) atoms. The van der Waals surface area contributed by atoms with Crippen LogP contribution in [0.3, 0.4) is 0 Å². The second kappa shape index (κ2) is 21.4. The molecule has 12 heteroatoms. The number of carbonyl (C=O) groups is 2. The van der Waals surface area contributed by atoms with Crippen molar-refractivity contribution in [2.45, 2.75) is 78.1 Å². The summed E-state index contributed by atoms with van der Waals surface area (Å²) >= 11 is 3.13. The quantitative estimate of drug-likeness (QED) is 0.0825. The van der Waals surface area contributed by atoms with E-state index in [-0.39, 0.29) is 11.6 Å². The third-order valence-electron chi connectivity index (χ3n) is 12.3. The van der Waals surface area contributed by atoms with Gasteiger partial charge in [0.2, 0.25) is 0 Å². The number of benzene rings is 2. The highest BCUT2D eigenvalue weighted by Crippen LogP contribution is 2.31. The van der Waals surface area contributed by atoms with Gasteiger partial charge >= 0.3 is 0 Å². The number of ketones is 2. The van der Waals surface area contributed by atoms with Crippen LogP contribution < -0.4 is 9.80 Å². The molecule has 8 rings (SSSR count). The first kappa shape index (κ1) is 43.7. The number of rotatable bonds is 18. The van der Waals surface area contributed by atoms with E-state index >= 15 is 0 Å². The molecule has 10 nitrogen and oxygen atoms in total. The number of likely N-dealkylation sites (N-methyl/N-ethyl adjacent to an activating group) is 2. The molecule has 0 bridgehead atoms. The Bertz CT molecular complexity index is 2100. The molecule has 2 aliphatic heterocycles. The predicted molar refractivity (Wildman–Crippen MR) is 252 cm³/mol. The van der Waals surface area contributed by atoms with Crippen molar-refractivity contribution in [2.75, 3.05) is 76.3 Å². The van der Waals surface area contributed by atoms with E-state index in [1.165, 1.54) is 32.9 Å². The van der Waals surface area contributed by atoms with E-state index in [9.17, 15) is 9.59 Å². The summed E-state index contributed by atoms with van der Waals surface area (Å²) in [6.45, 7) is 12.6. The van der Waals surface area contributed by atoms with Crippen molar-refractivity contribution in [2.24, 2.45) is 11.8 Å². The van der Waals surface area contributed by atoms with Crippen LogP contribution in [0, 0.1) is 11.8 Å². The Morgan fingerprint density at radius 3 is 1.42 bits per heavy atom. The standard InChI is InChI=1S/2C24H32N4OS/c2*1-3-4-7-18(14-19-16-25-21-9-6-5-8-20(19)21)15-22(29)23-17-26-24(30-23)28-12-10-27(2)11-13-28/h2*5-6,8-9,16-18,25H,3-4,7,10-15H2,1-2H3/t2*18-/m10/s1. The molecule has 2 aromatic carbocycles. The van der Waals surface area contributed by atoms with E-state index in [4.69, 9.17) is 0 Å². The summed E-state index contributed by atoms with van der Waals surface area (Å²) < 4.78 is 0. The summed E-state index contributed by atoms with van der Waals surface area (Å²) in [5, 5.41) is 4.55.